The van der Waals surface area contributed by atoms with Crippen LogP contribution in [0.2, 0.25) is 0 Å². The second-order valence-electron chi connectivity index (χ2n) is 4.92. The number of nitrogens with zero attached hydrogens (tertiary/aromatic N) is 1. The molecule has 1 aromatic heterocycles. The summed E-state index contributed by atoms with van der Waals surface area (Å²) >= 11 is 0. The van der Waals surface area contributed by atoms with Crippen LogP contribution in [0.3, 0.4) is 0 Å². The highest BCUT2D eigenvalue weighted by Gasteiger charge is 2.05. The number of alkyl halides is 2. The van der Waals surface area contributed by atoms with E-state index in [1.165, 1.54) is 30.9 Å². The maximum Gasteiger partial charge on any atom is 0.388 e. The third-order valence-electron chi connectivity index (χ3n) is 3.30. The first-order valence-electron chi connectivity index (χ1n) is 7.19. The molecule has 1 aromatic carbocycles. The average Bonchev–Trinajstić information content (AvgIpc) is 2.49. The van der Waals surface area contributed by atoms with Gasteiger partial charge < -0.3 is 4.74 Å². The number of hydrogen-bond donors (Lipinski definition) is 0. The monoisotopic (exact) mass is 291 g/mol. The van der Waals surface area contributed by atoms with E-state index in [-0.39, 0.29) is 5.88 Å². The summed E-state index contributed by atoms with van der Waals surface area (Å²) in [4.78, 5) is 3.88. The Bertz CT molecular complexity index is 538. The number of unbranched alkanes of at least 4 members (excludes halogenated alkanes) is 2. The van der Waals surface area contributed by atoms with E-state index in [9.17, 15) is 8.78 Å². The molecule has 2 rings (SSSR count). The number of halogens is 2. The molecule has 0 bridgehead atoms. The molecule has 0 atom stereocenters. The first kappa shape index (κ1) is 15.4. The maximum atomic E-state index is 12.1. The molecule has 2 aromatic rings. The zero-order valence-corrected chi connectivity index (χ0v) is 12.1. The van der Waals surface area contributed by atoms with Crippen LogP contribution in [-0.4, -0.2) is 11.6 Å². The third-order valence-corrected chi connectivity index (χ3v) is 3.30. The lowest BCUT2D eigenvalue weighted by atomic mass is 10.0. The molecule has 0 saturated carbocycles. The summed E-state index contributed by atoms with van der Waals surface area (Å²) < 4.78 is 28.3. The number of aryl methyl sites for hydroxylation is 1. The number of aromatic nitrogens is 1. The molecular formula is C17H19F2NO. The topological polar surface area (TPSA) is 22.1 Å². The van der Waals surface area contributed by atoms with Crippen LogP contribution < -0.4 is 4.74 Å². The Balaban J connectivity index is 2.01. The van der Waals surface area contributed by atoms with Crippen molar-refractivity contribution in [3.63, 3.8) is 0 Å². The normalized spacial score (nSPS) is 10.9. The number of pyridine rings is 1. The molecule has 0 N–H and O–H groups in total. The first-order chi connectivity index (χ1) is 10.2. The minimum Gasteiger partial charge on any atom is -0.417 e. The average molecular weight is 291 g/mol. The maximum absolute atomic E-state index is 12.1. The van der Waals surface area contributed by atoms with Gasteiger partial charge in [0.05, 0.1) is 0 Å². The summed E-state index contributed by atoms with van der Waals surface area (Å²) in [6.45, 7) is -0.650. The fraction of sp³-hybridized carbons (Fsp3) is 0.353. The Hall–Kier alpha value is -1.97. The van der Waals surface area contributed by atoms with Crippen LogP contribution in [0, 0.1) is 0 Å². The minimum atomic E-state index is -2.84. The summed E-state index contributed by atoms with van der Waals surface area (Å²) in [5.41, 5.74) is 3.22. The molecular weight excluding hydrogens is 272 g/mol. The molecule has 0 radical (unpaired) electrons. The van der Waals surface area contributed by atoms with E-state index in [1.54, 1.807) is 12.3 Å². The van der Waals surface area contributed by atoms with Crippen LogP contribution in [0.4, 0.5) is 8.78 Å². The van der Waals surface area contributed by atoms with Gasteiger partial charge in [0.15, 0.2) is 0 Å². The lowest BCUT2D eigenvalue weighted by Crippen LogP contribution is -2.03. The fourth-order valence-corrected chi connectivity index (χ4v) is 2.16. The van der Waals surface area contributed by atoms with Gasteiger partial charge in [-0.1, -0.05) is 44.0 Å². The van der Waals surface area contributed by atoms with Gasteiger partial charge in [-0.05, 0) is 30.0 Å². The third kappa shape index (κ3) is 4.81. The van der Waals surface area contributed by atoms with Crippen LogP contribution >= 0.6 is 0 Å². The van der Waals surface area contributed by atoms with Crippen molar-refractivity contribution in [2.75, 3.05) is 0 Å². The first-order valence-corrected chi connectivity index (χ1v) is 7.19. The van der Waals surface area contributed by atoms with E-state index in [0.717, 1.165) is 17.5 Å². The number of ether oxygens (including phenoxy) is 1. The van der Waals surface area contributed by atoms with Gasteiger partial charge in [-0.2, -0.15) is 8.78 Å². The second-order valence-corrected chi connectivity index (χ2v) is 4.92. The number of hydrogen-bond acceptors (Lipinski definition) is 2. The van der Waals surface area contributed by atoms with Gasteiger partial charge in [0.25, 0.3) is 0 Å². The van der Waals surface area contributed by atoms with Gasteiger partial charge in [0.2, 0.25) is 5.88 Å². The van der Waals surface area contributed by atoms with Crippen molar-refractivity contribution in [2.45, 2.75) is 39.2 Å². The Morgan fingerprint density at radius 2 is 1.71 bits per heavy atom. The lowest BCUT2D eigenvalue weighted by molar-refractivity contribution is -0.0528. The Labute approximate surface area is 123 Å². The van der Waals surface area contributed by atoms with Crippen molar-refractivity contribution in [3.05, 3.63) is 48.2 Å². The molecule has 0 amide bonds. The van der Waals surface area contributed by atoms with Gasteiger partial charge >= 0.3 is 6.61 Å². The van der Waals surface area contributed by atoms with E-state index in [0.29, 0.717) is 0 Å². The highest BCUT2D eigenvalue weighted by Crippen LogP contribution is 2.22. The molecule has 0 saturated heterocycles. The minimum absolute atomic E-state index is 0.0649. The van der Waals surface area contributed by atoms with E-state index >= 15 is 0 Å². The molecule has 2 nitrogen and oxygen atoms in total. The smallest absolute Gasteiger partial charge is 0.388 e. The van der Waals surface area contributed by atoms with Gasteiger partial charge in [0.1, 0.15) is 0 Å². The summed E-state index contributed by atoms with van der Waals surface area (Å²) in [6.07, 6.45) is 6.31. The SMILES string of the molecule is CCCCCc1ccc(-c2ccc(OC(F)F)nc2)cc1. The quantitative estimate of drug-likeness (QED) is 0.663. The molecule has 0 fully saturated rings. The van der Waals surface area contributed by atoms with Crippen LogP contribution in [0.15, 0.2) is 42.6 Å². The summed E-state index contributed by atoms with van der Waals surface area (Å²) in [7, 11) is 0. The van der Waals surface area contributed by atoms with Crippen molar-refractivity contribution in [1.29, 1.82) is 0 Å². The second kappa shape index (κ2) is 7.72. The van der Waals surface area contributed by atoms with E-state index < -0.39 is 6.61 Å². The molecule has 0 aliphatic heterocycles. The predicted molar refractivity (Wildman–Crippen MR) is 79.5 cm³/mol. The van der Waals surface area contributed by atoms with Crippen LogP contribution in [-0.2, 0) is 6.42 Å². The number of rotatable bonds is 7. The van der Waals surface area contributed by atoms with Crippen molar-refractivity contribution in [2.24, 2.45) is 0 Å². The summed E-state index contributed by atoms with van der Waals surface area (Å²) in [5.74, 6) is -0.0649. The van der Waals surface area contributed by atoms with Gasteiger partial charge in [-0.3, -0.25) is 0 Å². The highest BCUT2D eigenvalue weighted by molar-refractivity contribution is 5.62. The Morgan fingerprint density at radius 1 is 1.00 bits per heavy atom. The van der Waals surface area contributed by atoms with Crippen LogP contribution in [0.5, 0.6) is 5.88 Å². The predicted octanol–water partition coefficient (Wildman–Crippen LogP) is 5.08. The number of benzene rings is 1. The molecule has 0 unspecified atom stereocenters. The van der Waals surface area contributed by atoms with E-state index in [2.05, 4.69) is 28.8 Å². The van der Waals surface area contributed by atoms with Gasteiger partial charge in [-0.25, -0.2) is 4.98 Å². The molecule has 21 heavy (non-hydrogen) atoms. The van der Waals surface area contributed by atoms with Crippen LogP contribution in [0.1, 0.15) is 31.7 Å². The molecule has 0 aliphatic carbocycles. The zero-order chi connectivity index (χ0) is 15.1. The van der Waals surface area contributed by atoms with Crippen molar-refractivity contribution >= 4 is 0 Å². The van der Waals surface area contributed by atoms with Gasteiger partial charge in [0, 0.05) is 17.8 Å². The fourth-order valence-electron chi connectivity index (χ4n) is 2.16. The Kier molecular flexibility index (Phi) is 5.67. The lowest BCUT2D eigenvalue weighted by Gasteiger charge is -2.06. The van der Waals surface area contributed by atoms with Crippen molar-refractivity contribution < 1.29 is 13.5 Å². The zero-order valence-electron chi connectivity index (χ0n) is 12.1. The molecule has 0 spiro atoms. The summed E-state index contributed by atoms with van der Waals surface area (Å²) in [5, 5.41) is 0. The standard InChI is InChI=1S/C17H19F2NO/c1-2-3-4-5-13-6-8-14(9-7-13)15-10-11-16(20-12-15)21-17(18)19/h6-12,17H,2-5H2,1H3. The van der Waals surface area contributed by atoms with Gasteiger partial charge in [-0.15, -0.1) is 0 Å². The van der Waals surface area contributed by atoms with E-state index in [1.807, 2.05) is 12.1 Å². The Morgan fingerprint density at radius 3 is 2.29 bits per heavy atom. The molecule has 0 aliphatic rings. The molecule has 112 valence electrons. The van der Waals surface area contributed by atoms with Crippen molar-refractivity contribution in [1.82, 2.24) is 4.98 Å². The van der Waals surface area contributed by atoms with Crippen LogP contribution in [0.25, 0.3) is 11.1 Å². The summed E-state index contributed by atoms with van der Waals surface area (Å²) in [6, 6.07) is 11.5. The highest BCUT2D eigenvalue weighted by atomic mass is 19.3. The largest absolute Gasteiger partial charge is 0.417 e. The molecule has 4 heteroatoms. The van der Waals surface area contributed by atoms with Crippen molar-refractivity contribution in [3.8, 4) is 17.0 Å². The van der Waals surface area contributed by atoms with E-state index in [4.69, 9.17) is 0 Å². The molecule has 1 heterocycles.